The number of carbonyl (C=O) groups excluding carboxylic acids is 2. The number of Topliss-reactive ketones (excluding diaryl/α,β-unsaturated/α-hetero) is 1. The molecule has 2 heterocycles. The SMILES string of the molecule is CCOc1ccc(C2C(C(=O)c3sc(-c4ccccc4)nc3C)=C(O)C(=O)N2c2ccc(C(C)C)cc2)cc1. The summed E-state index contributed by atoms with van der Waals surface area (Å²) in [5, 5.41) is 11.9. The van der Waals surface area contributed by atoms with E-state index in [0.29, 0.717) is 45.1 Å². The molecule has 0 saturated heterocycles. The van der Waals surface area contributed by atoms with Gasteiger partial charge in [-0.05, 0) is 55.2 Å². The average Bonchev–Trinajstić information content (AvgIpc) is 3.46. The summed E-state index contributed by atoms with van der Waals surface area (Å²) in [5.74, 6) is -0.545. The molecule has 198 valence electrons. The number of aryl methyl sites for hydroxylation is 1. The van der Waals surface area contributed by atoms with Crippen LogP contribution in [0.25, 0.3) is 10.6 Å². The number of thiazole rings is 1. The van der Waals surface area contributed by atoms with Crippen LogP contribution in [0.15, 0.2) is 90.2 Å². The zero-order valence-electron chi connectivity index (χ0n) is 22.3. The molecule has 3 aromatic carbocycles. The zero-order chi connectivity index (χ0) is 27.7. The molecule has 5 rings (SSSR count). The van der Waals surface area contributed by atoms with Gasteiger partial charge in [0.05, 0.1) is 28.8 Å². The fourth-order valence-electron chi connectivity index (χ4n) is 4.79. The van der Waals surface area contributed by atoms with Gasteiger partial charge in [-0.2, -0.15) is 0 Å². The van der Waals surface area contributed by atoms with Crippen LogP contribution in [-0.2, 0) is 4.79 Å². The lowest BCUT2D eigenvalue weighted by atomic mass is 9.94. The molecule has 1 amide bonds. The maximum atomic E-state index is 14.1. The highest BCUT2D eigenvalue weighted by Gasteiger charge is 2.45. The van der Waals surface area contributed by atoms with Gasteiger partial charge in [0.15, 0.2) is 5.76 Å². The van der Waals surface area contributed by atoms with Crippen molar-refractivity contribution in [3.05, 3.63) is 112 Å². The van der Waals surface area contributed by atoms with Crippen molar-refractivity contribution in [3.8, 4) is 16.3 Å². The summed E-state index contributed by atoms with van der Waals surface area (Å²) in [6.07, 6.45) is 0. The Morgan fingerprint density at radius 1 is 1.03 bits per heavy atom. The molecule has 0 aliphatic carbocycles. The van der Waals surface area contributed by atoms with Crippen molar-refractivity contribution in [2.75, 3.05) is 11.5 Å². The minimum atomic E-state index is -0.813. The number of amides is 1. The molecule has 0 fully saturated rings. The molecule has 4 aromatic rings. The fraction of sp³-hybridized carbons (Fsp3) is 0.219. The third kappa shape index (κ3) is 4.98. The number of carbonyl (C=O) groups is 2. The fourth-order valence-corrected chi connectivity index (χ4v) is 5.81. The standard InChI is InChI=1S/C32H30N2O4S/c1-5-38-25-17-13-22(14-18-25)27-26(28(35)30-20(4)33-31(39-30)23-9-7-6-8-10-23)29(36)32(37)34(27)24-15-11-21(12-16-24)19(2)3/h6-19,27,36H,5H2,1-4H3. The van der Waals surface area contributed by atoms with Gasteiger partial charge in [0, 0.05) is 11.3 Å². The van der Waals surface area contributed by atoms with Crippen LogP contribution in [-0.4, -0.2) is 28.4 Å². The van der Waals surface area contributed by atoms with Crippen molar-refractivity contribution in [2.24, 2.45) is 0 Å². The maximum Gasteiger partial charge on any atom is 0.294 e. The summed E-state index contributed by atoms with van der Waals surface area (Å²) in [6.45, 7) is 8.41. The van der Waals surface area contributed by atoms with Crippen LogP contribution in [0.5, 0.6) is 5.75 Å². The van der Waals surface area contributed by atoms with E-state index >= 15 is 0 Å². The Labute approximate surface area is 232 Å². The minimum Gasteiger partial charge on any atom is -0.503 e. The van der Waals surface area contributed by atoms with Crippen molar-refractivity contribution in [1.29, 1.82) is 0 Å². The summed E-state index contributed by atoms with van der Waals surface area (Å²) < 4.78 is 5.60. The van der Waals surface area contributed by atoms with Gasteiger partial charge in [0.1, 0.15) is 10.8 Å². The quantitative estimate of drug-likeness (QED) is 0.236. The van der Waals surface area contributed by atoms with Crippen molar-refractivity contribution >= 4 is 28.7 Å². The van der Waals surface area contributed by atoms with Crippen molar-refractivity contribution in [2.45, 2.75) is 39.7 Å². The number of aliphatic hydroxyl groups excluding tert-OH is 1. The van der Waals surface area contributed by atoms with Gasteiger partial charge in [-0.1, -0.05) is 68.4 Å². The van der Waals surface area contributed by atoms with E-state index in [0.717, 1.165) is 11.1 Å². The van der Waals surface area contributed by atoms with Crippen LogP contribution < -0.4 is 9.64 Å². The molecule has 1 aliphatic rings. The van der Waals surface area contributed by atoms with Crippen molar-refractivity contribution in [3.63, 3.8) is 0 Å². The van der Waals surface area contributed by atoms with Gasteiger partial charge in [-0.25, -0.2) is 4.98 Å². The van der Waals surface area contributed by atoms with E-state index in [9.17, 15) is 14.7 Å². The van der Waals surface area contributed by atoms with E-state index in [1.54, 1.807) is 6.92 Å². The van der Waals surface area contributed by atoms with Crippen LogP contribution >= 0.6 is 11.3 Å². The Kier molecular flexibility index (Phi) is 7.35. The van der Waals surface area contributed by atoms with E-state index in [-0.39, 0.29) is 5.57 Å². The second-order valence-electron chi connectivity index (χ2n) is 9.72. The third-order valence-electron chi connectivity index (χ3n) is 6.82. The second-order valence-corrected chi connectivity index (χ2v) is 10.7. The molecular weight excluding hydrogens is 508 g/mol. The monoisotopic (exact) mass is 538 g/mol. The highest BCUT2D eigenvalue weighted by molar-refractivity contribution is 7.17. The number of nitrogens with zero attached hydrogens (tertiary/aromatic N) is 2. The average molecular weight is 539 g/mol. The molecule has 1 aromatic heterocycles. The summed E-state index contributed by atoms with van der Waals surface area (Å²) in [4.78, 5) is 34.2. The Balaban J connectivity index is 1.60. The Morgan fingerprint density at radius 2 is 1.69 bits per heavy atom. The van der Waals surface area contributed by atoms with Crippen molar-refractivity contribution < 1.29 is 19.4 Å². The number of ketones is 1. The summed E-state index contributed by atoms with van der Waals surface area (Å²) in [6, 6.07) is 23.8. The highest BCUT2D eigenvalue weighted by Crippen LogP contribution is 2.43. The molecule has 6 nitrogen and oxygen atoms in total. The van der Waals surface area contributed by atoms with Crippen LogP contribution in [0.1, 0.15) is 59.2 Å². The van der Waals surface area contributed by atoms with Gasteiger partial charge < -0.3 is 9.84 Å². The number of rotatable bonds is 8. The number of anilines is 1. The molecule has 0 bridgehead atoms. The number of hydrogen-bond acceptors (Lipinski definition) is 6. The topological polar surface area (TPSA) is 79.7 Å². The maximum absolute atomic E-state index is 14.1. The lowest BCUT2D eigenvalue weighted by Crippen LogP contribution is -2.31. The predicted molar refractivity (Wildman–Crippen MR) is 155 cm³/mol. The molecule has 0 radical (unpaired) electrons. The third-order valence-corrected chi connectivity index (χ3v) is 8.03. The molecule has 7 heteroatoms. The lowest BCUT2D eigenvalue weighted by Gasteiger charge is -2.27. The number of aliphatic hydroxyl groups is 1. The molecule has 1 unspecified atom stereocenters. The smallest absolute Gasteiger partial charge is 0.294 e. The van der Waals surface area contributed by atoms with Gasteiger partial charge in [0.25, 0.3) is 5.91 Å². The number of hydrogen-bond donors (Lipinski definition) is 1. The summed E-state index contributed by atoms with van der Waals surface area (Å²) >= 11 is 1.26. The largest absolute Gasteiger partial charge is 0.503 e. The lowest BCUT2D eigenvalue weighted by molar-refractivity contribution is -0.117. The first-order chi connectivity index (χ1) is 18.8. The van der Waals surface area contributed by atoms with Gasteiger partial charge in [-0.3, -0.25) is 14.5 Å². The summed E-state index contributed by atoms with van der Waals surface area (Å²) in [5.41, 5.74) is 3.93. The Morgan fingerprint density at radius 3 is 2.31 bits per heavy atom. The zero-order valence-corrected chi connectivity index (χ0v) is 23.2. The van der Waals surface area contributed by atoms with E-state index in [4.69, 9.17) is 4.74 Å². The van der Waals surface area contributed by atoms with E-state index in [1.165, 1.54) is 16.2 Å². The molecule has 1 aliphatic heterocycles. The molecule has 1 atom stereocenters. The Bertz CT molecular complexity index is 1540. The van der Waals surface area contributed by atoms with Crippen LogP contribution in [0.2, 0.25) is 0 Å². The van der Waals surface area contributed by atoms with Crippen LogP contribution in [0.4, 0.5) is 5.69 Å². The van der Waals surface area contributed by atoms with Gasteiger partial charge in [-0.15, -0.1) is 11.3 Å². The second kappa shape index (κ2) is 10.9. The molecule has 0 spiro atoms. The Hall–Kier alpha value is -4.23. The molecule has 1 N–H and O–H groups in total. The van der Waals surface area contributed by atoms with E-state index < -0.39 is 23.5 Å². The molecule has 39 heavy (non-hydrogen) atoms. The van der Waals surface area contributed by atoms with Crippen LogP contribution in [0, 0.1) is 6.92 Å². The van der Waals surface area contributed by atoms with Gasteiger partial charge >= 0.3 is 0 Å². The number of benzene rings is 3. The van der Waals surface area contributed by atoms with Crippen LogP contribution in [0.3, 0.4) is 0 Å². The normalized spacial score (nSPS) is 15.4. The first kappa shape index (κ1) is 26.4. The first-order valence-electron chi connectivity index (χ1n) is 13.0. The van der Waals surface area contributed by atoms with Crippen molar-refractivity contribution in [1.82, 2.24) is 4.98 Å². The van der Waals surface area contributed by atoms with Gasteiger partial charge in [0.2, 0.25) is 5.78 Å². The molecule has 0 saturated carbocycles. The van der Waals surface area contributed by atoms with E-state index in [1.807, 2.05) is 85.8 Å². The molecular formula is C32H30N2O4S. The number of ether oxygens (including phenoxy) is 1. The summed E-state index contributed by atoms with van der Waals surface area (Å²) in [7, 11) is 0. The van der Waals surface area contributed by atoms with E-state index in [2.05, 4.69) is 18.8 Å². The number of aromatic nitrogens is 1. The first-order valence-corrected chi connectivity index (χ1v) is 13.8. The highest BCUT2D eigenvalue weighted by atomic mass is 32.1. The minimum absolute atomic E-state index is 0.0449. The predicted octanol–water partition coefficient (Wildman–Crippen LogP) is 7.42.